The van der Waals surface area contributed by atoms with Gasteiger partial charge >= 0.3 is 11.9 Å². The van der Waals surface area contributed by atoms with Crippen molar-refractivity contribution < 1.29 is 71.8 Å². The first-order valence-corrected chi connectivity index (χ1v) is 30.9. The molecule has 3 heterocycles. The quantitative estimate of drug-likeness (QED) is 0.0394. The molecule has 96 heavy (non-hydrogen) atoms. The Morgan fingerprint density at radius 1 is 0.417 bits per heavy atom. The van der Waals surface area contributed by atoms with Crippen LogP contribution in [0.4, 0.5) is 0 Å². The molecule has 0 fully saturated rings. The van der Waals surface area contributed by atoms with Crippen molar-refractivity contribution in [1.82, 2.24) is 38.8 Å². The summed E-state index contributed by atoms with van der Waals surface area (Å²) >= 11 is 2.21. The van der Waals surface area contributed by atoms with E-state index in [1.54, 1.807) is 45.6 Å². The Kier molecular flexibility index (Phi) is 22.4. The lowest BCUT2D eigenvalue weighted by Gasteiger charge is -2.19. The Hall–Kier alpha value is -12.0. The van der Waals surface area contributed by atoms with Gasteiger partial charge in [0, 0.05) is 37.3 Å². The highest BCUT2D eigenvalue weighted by Crippen LogP contribution is 2.34. The lowest BCUT2D eigenvalue weighted by atomic mass is 10.00. The number of hydrogen-bond acceptors (Lipinski definition) is 20. The van der Waals surface area contributed by atoms with E-state index in [1.807, 2.05) is 127 Å². The normalized spacial score (nSPS) is 11.0. The largest absolute Gasteiger partial charge is 0.497 e. The summed E-state index contributed by atoms with van der Waals surface area (Å²) in [6, 6.07) is 54.0. The molecule has 11 aromatic rings. The van der Waals surface area contributed by atoms with E-state index in [0.717, 1.165) is 68.2 Å². The van der Waals surface area contributed by atoms with E-state index in [0.29, 0.717) is 88.2 Å². The number of hydrogen-bond donors (Lipinski definition) is 5. The van der Waals surface area contributed by atoms with E-state index >= 15 is 0 Å². The molecule has 488 valence electrons. The van der Waals surface area contributed by atoms with Gasteiger partial charge in [-0.25, -0.2) is 9.59 Å². The summed E-state index contributed by atoms with van der Waals surface area (Å²) in [7, 11) is 7.75. The lowest BCUT2D eigenvalue weighted by molar-refractivity contribution is 0.0378. The van der Waals surface area contributed by atoms with Gasteiger partial charge in [0.2, 0.25) is 6.79 Å². The minimum atomic E-state index is -1.12. The predicted octanol–water partition coefficient (Wildman–Crippen LogP) is 11.2. The number of amides is 4. The van der Waals surface area contributed by atoms with Crippen LogP contribution in [0.1, 0.15) is 102 Å². The number of ether oxygens (including phenoxy) is 8. The molecule has 1 aliphatic heterocycles. The van der Waals surface area contributed by atoms with Crippen LogP contribution in [0.3, 0.4) is 0 Å². The molecule has 4 amide bonds. The van der Waals surface area contributed by atoms with Crippen molar-refractivity contribution in [2.24, 2.45) is 0 Å². The van der Waals surface area contributed by atoms with E-state index in [9.17, 15) is 33.9 Å². The number of carbonyl (C=O) groups excluding carboxylic acids is 5. The Labute approximate surface area is 558 Å². The predicted molar refractivity (Wildman–Crippen MR) is 358 cm³/mol. The number of carbonyl (C=O) groups is 6. The Balaban J connectivity index is 0.000000157. The van der Waals surface area contributed by atoms with Crippen molar-refractivity contribution >= 4 is 81.1 Å². The van der Waals surface area contributed by atoms with E-state index in [1.165, 1.54) is 50.6 Å². The second kappa shape index (κ2) is 32.1. The molecular weight excluding hydrogens is 1270 g/mol. The molecule has 1 aliphatic rings. The van der Waals surface area contributed by atoms with Gasteiger partial charge in [-0.3, -0.25) is 19.2 Å². The fraction of sp³-hybridized carbons (Fsp3) is 0.155. The summed E-state index contributed by atoms with van der Waals surface area (Å²) in [4.78, 5) is 75.2. The smallest absolute Gasteiger partial charge is 0.339 e. The molecule has 0 saturated heterocycles. The zero-order chi connectivity index (χ0) is 67.5. The molecular formula is C71H62N8O15S2. The fourth-order valence-corrected chi connectivity index (χ4v) is 10.8. The van der Waals surface area contributed by atoms with Gasteiger partial charge in [0.05, 0.1) is 81.3 Å². The maximum Gasteiger partial charge on any atom is 0.339 e. The van der Waals surface area contributed by atoms with Gasteiger partial charge in [-0.15, -0.1) is 0 Å². The van der Waals surface area contributed by atoms with E-state index in [-0.39, 0.29) is 52.7 Å². The van der Waals surface area contributed by atoms with Crippen LogP contribution in [0.2, 0.25) is 0 Å². The first kappa shape index (κ1) is 66.9. The minimum Gasteiger partial charge on any atom is -0.497 e. The second-order valence-corrected chi connectivity index (χ2v) is 22.1. The fourth-order valence-electron chi connectivity index (χ4n) is 9.74. The van der Waals surface area contributed by atoms with Crippen molar-refractivity contribution in [2.45, 2.75) is 32.3 Å². The summed E-state index contributed by atoms with van der Waals surface area (Å²) in [6.07, 6.45) is -0.752. The average Bonchev–Trinajstić information content (AvgIpc) is 1.41. The van der Waals surface area contributed by atoms with Crippen LogP contribution < -0.4 is 54.4 Å². The summed E-state index contributed by atoms with van der Waals surface area (Å²) in [5.74, 6) is 1.25. The Morgan fingerprint density at radius 3 is 1.39 bits per heavy atom. The van der Waals surface area contributed by atoms with Gasteiger partial charge in [0.15, 0.2) is 17.6 Å². The third kappa shape index (κ3) is 17.2. The SMILES string of the molecule is COc1ccc(CNC(=O)c2cc(C(=O)NCc3ccc4c(c3)OCO4)ccc2OC)cc1.COc1cccc(CNC(=O)c2ccc(OC)c(C(=O)NCc3cccc(OC)c3)c2)c1.O=C(O)c1cccc(C(=O)OC(c2ccc3nsnc3c2)c2ccc3nsnc3c2)c1. The summed E-state index contributed by atoms with van der Waals surface area (Å²) in [5, 5.41) is 20.6. The molecule has 5 N–H and O–H groups in total. The molecule has 0 atom stereocenters. The lowest BCUT2D eigenvalue weighted by Crippen LogP contribution is -2.26. The molecule has 0 aliphatic carbocycles. The minimum absolute atomic E-state index is 0.0101. The van der Waals surface area contributed by atoms with Crippen molar-refractivity contribution in [3.05, 3.63) is 255 Å². The number of benzene rings is 9. The van der Waals surface area contributed by atoms with E-state index < -0.39 is 18.0 Å². The van der Waals surface area contributed by atoms with E-state index in [2.05, 4.69) is 38.8 Å². The number of methoxy groups -OCH3 is 5. The topological polar surface area (TPSA) is 296 Å². The molecule has 0 bridgehead atoms. The highest BCUT2D eigenvalue weighted by molar-refractivity contribution is 7.00. The maximum absolute atomic E-state index is 12.9. The number of aromatic nitrogens is 4. The summed E-state index contributed by atoms with van der Waals surface area (Å²) in [5.41, 5.74) is 9.37. The molecule has 23 nitrogen and oxygen atoms in total. The third-order valence-electron chi connectivity index (χ3n) is 14.8. The molecule has 0 spiro atoms. The van der Waals surface area contributed by atoms with Gasteiger partial charge < -0.3 is 64.3 Å². The van der Waals surface area contributed by atoms with Crippen LogP contribution in [0.25, 0.3) is 22.1 Å². The zero-order valence-electron chi connectivity index (χ0n) is 52.3. The van der Waals surface area contributed by atoms with Gasteiger partial charge in [-0.1, -0.05) is 60.7 Å². The van der Waals surface area contributed by atoms with Crippen LogP contribution in [-0.2, 0) is 30.9 Å². The number of esters is 1. The molecule has 0 radical (unpaired) electrons. The Morgan fingerprint density at radius 2 is 0.875 bits per heavy atom. The van der Waals surface area contributed by atoms with Crippen LogP contribution >= 0.6 is 23.5 Å². The van der Waals surface area contributed by atoms with Crippen LogP contribution in [0.15, 0.2) is 188 Å². The number of carboxylic acids is 1. The van der Waals surface area contributed by atoms with Gasteiger partial charge in [-0.05, 0) is 161 Å². The van der Waals surface area contributed by atoms with Crippen molar-refractivity contribution in [2.75, 3.05) is 42.3 Å². The van der Waals surface area contributed by atoms with Crippen molar-refractivity contribution in [3.8, 4) is 40.2 Å². The molecule has 9 aromatic carbocycles. The average molecular weight is 1330 g/mol. The number of nitrogens with zero attached hydrogens (tertiary/aromatic N) is 4. The molecule has 2 aromatic heterocycles. The number of rotatable bonds is 22. The molecule has 0 unspecified atom stereocenters. The van der Waals surface area contributed by atoms with Crippen molar-refractivity contribution in [1.29, 1.82) is 0 Å². The Bertz CT molecular complexity index is 4550. The van der Waals surface area contributed by atoms with E-state index in [4.69, 9.17) is 37.9 Å². The van der Waals surface area contributed by atoms with Gasteiger partial charge in [0.1, 0.15) is 50.8 Å². The maximum atomic E-state index is 12.9. The number of carboxylic acid groups (broad SMARTS) is 1. The first-order valence-electron chi connectivity index (χ1n) is 29.4. The van der Waals surface area contributed by atoms with Crippen LogP contribution in [0, 0.1) is 0 Å². The van der Waals surface area contributed by atoms with Gasteiger partial charge in [-0.2, -0.15) is 17.5 Å². The number of aromatic carboxylic acids is 1. The first-order chi connectivity index (χ1) is 46.7. The molecule has 0 saturated carbocycles. The number of fused-ring (bicyclic) bond motifs is 3. The zero-order valence-corrected chi connectivity index (χ0v) is 53.9. The summed E-state index contributed by atoms with van der Waals surface area (Å²) in [6.45, 7) is 1.47. The molecule has 25 heteroatoms. The monoisotopic (exact) mass is 1330 g/mol. The standard InChI is InChI=1S/C25H24N2O6.C25H26N2O5.C21H12N4O4S2/c1-30-19-7-3-16(4-8-19)13-27-25(29)20-12-18(6-10-21(20)31-2)24(28)26-14-17-5-9-22-23(11-17)33-15-32-22;1-30-20-8-4-6-17(12-20)15-26-24(28)19-10-11-23(32-3)22(14-19)25(29)27-16-18-7-5-9-21(13-18)31-2;26-20(27)13-2-1-3-14(8-13)21(28)29-19(11-4-6-15-17(9-11)24-30-22-15)12-5-7-16-18(10-12)25-31-23-16/h3-12H,13-15H2,1-2H3,(H,26,28)(H,27,29);4-14H,15-16H2,1-3H3,(H,26,28)(H,27,29);1-10,19H,(H,26,27). The van der Waals surface area contributed by atoms with Crippen molar-refractivity contribution in [3.63, 3.8) is 0 Å². The number of nitrogens with one attached hydrogen (secondary N) is 4. The second-order valence-electron chi connectivity index (χ2n) is 21.0. The summed E-state index contributed by atoms with van der Waals surface area (Å²) < 4.78 is 59.7. The highest BCUT2D eigenvalue weighted by atomic mass is 32.1. The van der Waals surface area contributed by atoms with Crippen LogP contribution in [-0.4, -0.2) is 101 Å². The van der Waals surface area contributed by atoms with Gasteiger partial charge in [0.25, 0.3) is 23.6 Å². The highest BCUT2D eigenvalue weighted by Gasteiger charge is 2.24. The molecule has 12 rings (SSSR count). The van der Waals surface area contributed by atoms with Crippen LogP contribution in [0.5, 0.6) is 40.2 Å². The third-order valence-corrected chi connectivity index (χ3v) is 15.9.